The van der Waals surface area contributed by atoms with Crippen LogP contribution in [0.2, 0.25) is 10.0 Å². The van der Waals surface area contributed by atoms with E-state index < -0.39 is 0 Å². The standard InChI is InChI=1S/C15H13Cl2N5OS2/c1-7-8(2)25-14(18-7)19-12(23)6-24-15-20-13(21-22-15)10-4-3-9(16)5-11(10)17/h3-5H,6H2,1-2H3,(H,18,19,23)(H,20,21,22). The number of aromatic nitrogens is 4. The van der Waals surface area contributed by atoms with Crippen molar-refractivity contribution in [3.63, 3.8) is 0 Å². The molecule has 3 rings (SSSR count). The number of thiazole rings is 1. The molecule has 6 nitrogen and oxygen atoms in total. The van der Waals surface area contributed by atoms with Gasteiger partial charge in [0.05, 0.1) is 16.5 Å². The van der Waals surface area contributed by atoms with Gasteiger partial charge in [-0.1, -0.05) is 35.0 Å². The number of carbonyl (C=O) groups is 1. The number of anilines is 1. The van der Waals surface area contributed by atoms with E-state index in [0.29, 0.717) is 31.7 Å². The molecule has 0 aliphatic rings. The highest BCUT2D eigenvalue weighted by Gasteiger charge is 2.13. The number of aryl methyl sites for hydroxylation is 2. The number of aromatic amines is 1. The third kappa shape index (κ3) is 4.52. The minimum absolute atomic E-state index is 0.158. The monoisotopic (exact) mass is 413 g/mol. The fraction of sp³-hybridized carbons (Fsp3) is 0.200. The molecule has 0 aliphatic carbocycles. The molecule has 0 fully saturated rings. The van der Waals surface area contributed by atoms with Crippen LogP contribution in [0, 0.1) is 13.8 Å². The minimum atomic E-state index is -0.158. The average molecular weight is 414 g/mol. The molecule has 0 bridgehead atoms. The van der Waals surface area contributed by atoms with E-state index in [2.05, 4.69) is 25.5 Å². The Bertz CT molecular complexity index is 905. The first kappa shape index (κ1) is 18.2. The third-order valence-corrected chi connectivity index (χ3v) is 5.64. The highest BCUT2D eigenvalue weighted by atomic mass is 35.5. The summed E-state index contributed by atoms with van der Waals surface area (Å²) in [5.41, 5.74) is 1.62. The van der Waals surface area contributed by atoms with Crippen LogP contribution in [0.1, 0.15) is 10.6 Å². The summed E-state index contributed by atoms with van der Waals surface area (Å²) in [5, 5.41) is 11.8. The Balaban J connectivity index is 1.60. The molecule has 0 spiro atoms. The number of hydrogen-bond donors (Lipinski definition) is 2. The van der Waals surface area contributed by atoms with Gasteiger partial charge in [-0.2, -0.15) is 0 Å². The molecule has 0 saturated carbocycles. The van der Waals surface area contributed by atoms with Crippen molar-refractivity contribution in [2.24, 2.45) is 0 Å². The number of hydrogen-bond acceptors (Lipinski definition) is 6. The van der Waals surface area contributed by atoms with Crippen molar-refractivity contribution >= 4 is 57.3 Å². The first-order chi connectivity index (χ1) is 11.9. The summed E-state index contributed by atoms with van der Waals surface area (Å²) >= 11 is 14.7. The van der Waals surface area contributed by atoms with Crippen molar-refractivity contribution < 1.29 is 4.79 Å². The molecule has 0 atom stereocenters. The quantitative estimate of drug-likeness (QED) is 0.597. The van der Waals surface area contributed by atoms with E-state index in [4.69, 9.17) is 23.2 Å². The highest BCUT2D eigenvalue weighted by Crippen LogP contribution is 2.29. The Kier molecular flexibility index (Phi) is 5.63. The lowest BCUT2D eigenvalue weighted by Gasteiger charge is -2.00. The fourth-order valence-electron chi connectivity index (χ4n) is 1.92. The van der Waals surface area contributed by atoms with Crippen LogP contribution in [-0.4, -0.2) is 31.8 Å². The summed E-state index contributed by atoms with van der Waals surface area (Å²) in [4.78, 5) is 21.7. The second kappa shape index (κ2) is 7.74. The van der Waals surface area contributed by atoms with E-state index in [0.717, 1.165) is 10.6 Å². The first-order valence-electron chi connectivity index (χ1n) is 7.17. The summed E-state index contributed by atoms with van der Waals surface area (Å²) in [6.07, 6.45) is 0. The molecule has 2 N–H and O–H groups in total. The van der Waals surface area contributed by atoms with Gasteiger partial charge < -0.3 is 5.32 Å². The van der Waals surface area contributed by atoms with Gasteiger partial charge in [0, 0.05) is 15.5 Å². The maximum Gasteiger partial charge on any atom is 0.236 e. The van der Waals surface area contributed by atoms with E-state index in [1.54, 1.807) is 18.2 Å². The molecule has 25 heavy (non-hydrogen) atoms. The summed E-state index contributed by atoms with van der Waals surface area (Å²) in [7, 11) is 0. The number of H-pyrrole nitrogens is 1. The summed E-state index contributed by atoms with van der Waals surface area (Å²) in [6.45, 7) is 3.88. The lowest BCUT2D eigenvalue weighted by molar-refractivity contribution is -0.113. The SMILES string of the molecule is Cc1nc(NC(=O)CSc2n[nH]c(-c3ccc(Cl)cc3Cl)n2)sc1C. The number of nitrogens with one attached hydrogen (secondary N) is 2. The second-order valence-electron chi connectivity index (χ2n) is 5.09. The molecule has 2 aromatic heterocycles. The number of amides is 1. The van der Waals surface area contributed by atoms with Crippen molar-refractivity contribution in [3.05, 3.63) is 38.8 Å². The third-order valence-electron chi connectivity index (χ3n) is 3.26. The van der Waals surface area contributed by atoms with Gasteiger partial charge >= 0.3 is 0 Å². The minimum Gasteiger partial charge on any atom is -0.301 e. The predicted molar refractivity (Wildman–Crippen MR) is 103 cm³/mol. The van der Waals surface area contributed by atoms with E-state index in [9.17, 15) is 4.79 Å². The maximum atomic E-state index is 12.0. The molecular formula is C15H13Cl2N5OS2. The van der Waals surface area contributed by atoms with Gasteiger partial charge in [0.25, 0.3) is 0 Å². The summed E-state index contributed by atoms with van der Waals surface area (Å²) < 4.78 is 0. The van der Waals surface area contributed by atoms with Gasteiger partial charge in [-0.3, -0.25) is 9.89 Å². The lowest BCUT2D eigenvalue weighted by Crippen LogP contribution is -2.13. The molecule has 3 aromatic rings. The summed E-state index contributed by atoms with van der Waals surface area (Å²) in [5.74, 6) is 0.550. The van der Waals surface area contributed by atoms with Crippen molar-refractivity contribution in [1.82, 2.24) is 20.2 Å². The Labute approximate surface area is 162 Å². The van der Waals surface area contributed by atoms with Crippen LogP contribution < -0.4 is 5.32 Å². The largest absolute Gasteiger partial charge is 0.301 e. The zero-order valence-corrected chi connectivity index (χ0v) is 16.4. The van der Waals surface area contributed by atoms with Gasteiger partial charge in [-0.05, 0) is 32.0 Å². The fourth-order valence-corrected chi connectivity index (χ4v) is 3.85. The predicted octanol–water partition coefficient (Wildman–Crippen LogP) is 4.58. The Morgan fingerprint density at radius 2 is 2.12 bits per heavy atom. The Hall–Kier alpha value is -1.61. The second-order valence-corrected chi connectivity index (χ2v) is 8.08. The highest BCUT2D eigenvalue weighted by molar-refractivity contribution is 7.99. The van der Waals surface area contributed by atoms with Crippen molar-refractivity contribution in [2.45, 2.75) is 19.0 Å². The van der Waals surface area contributed by atoms with Crippen LogP contribution in [0.5, 0.6) is 0 Å². The molecular weight excluding hydrogens is 401 g/mol. The van der Waals surface area contributed by atoms with Gasteiger partial charge in [-0.15, -0.1) is 16.4 Å². The lowest BCUT2D eigenvalue weighted by atomic mass is 10.2. The number of rotatable bonds is 5. The molecule has 0 saturated heterocycles. The van der Waals surface area contributed by atoms with E-state index in [1.165, 1.54) is 23.1 Å². The number of benzene rings is 1. The van der Waals surface area contributed by atoms with Crippen LogP contribution in [0.3, 0.4) is 0 Å². The molecule has 1 aromatic carbocycles. The zero-order valence-electron chi connectivity index (χ0n) is 13.3. The van der Waals surface area contributed by atoms with Gasteiger partial charge in [-0.25, -0.2) is 9.97 Å². The van der Waals surface area contributed by atoms with Crippen LogP contribution >= 0.6 is 46.3 Å². The Morgan fingerprint density at radius 3 is 2.80 bits per heavy atom. The van der Waals surface area contributed by atoms with Crippen molar-refractivity contribution in [2.75, 3.05) is 11.1 Å². The van der Waals surface area contributed by atoms with Crippen molar-refractivity contribution in [1.29, 1.82) is 0 Å². The van der Waals surface area contributed by atoms with Gasteiger partial charge in [0.2, 0.25) is 11.1 Å². The normalized spacial score (nSPS) is 10.9. The summed E-state index contributed by atoms with van der Waals surface area (Å²) in [6, 6.07) is 5.13. The molecule has 130 valence electrons. The van der Waals surface area contributed by atoms with Crippen LogP contribution in [0.25, 0.3) is 11.4 Å². The Morgan fingerprint density at radius 1 is 1.32 bits per heavy atom. The van der Waals surface area contributed by atoms with Crippen LogP contribution in [0.15, 0.2) is 23.4 Å². The molecule has 1 amide bonds. The first-order valence-corrected chi connectivity index (χ1v) is 9.72. The van der Waals surface area contributed by atoms with Crippen molar-refractivity contribution in [3.8, 4) is 11.4 Å². The van der Waals surface area contributed by atoms with Crippen LogP contribution in [-0.2, 0) is 4.79 Å². The zero-order chi connectivity index (χ0) is 18.0. The molecule has 2 heterocycles. The average Bonchev–Trinajstić information content (AvgIpc) is 3.12. The van der Waals surface area contributed by atoms with E-state index >= 15 is 0 Å². The topological polar surface area (TPSA) is 83.6 Å². The molecule has 0 aliphatic heterocycles. The number of nitrogens with zero attached hydrogens (tertiary/aromatic N) is 3. The van der Waals surface area contributed by atoms with E-state index in [-0.39, 0.29) is 11.7 Å². The smallest absolute Gasteiger partial charge is 0.236 e. The maximum absolute atomic E-state index is 12.0. The molecule has 0 unspecified atom stereocenters. The molecule has 0 radical (unpaired) electrons. The molecule has 10 heteroatoms. The number of thioether (sulfide) groups is 1. The number of carbonyl (C=O) groups excluding carboxylic acids is 1. The van der Waals surface area contributed by atoms with E-state index in [1.807, 2.05) is 13.8 Å². The number of halogens is 2. The van der Waals surface area contributed by atoms with Crippen LogP contribution in [0.4, 0.5) is 5.13 Å². The van der Waals surface area contributed by atoms with Gasteiger partial charge in [0.15, 0.2) is 11.0 Å². The van der Waals surface area contributed by atoms with Gasteiger partial charge in [0.1, 0.15) is 0 Å².